The second-order valence-corrected chi connectivity index (χ2v) is 29.3. The van der Waals surface area contributed by atoms with Gasteiger partial charge in [0, 0.05) is 0 Å². The normalized spacial score (nSPS) is 20.4. The Morgan fingerprint density at radius 2 is 0.617 bits per heavy atom. The number of phenols is 7. The summed E-state index contributed by atoms with van der Waals surface area (Å²) < 4.78 is 40.1. The van der Waals surface area contributed by atoms with Crippen LogP contribution in [0.15, 0.2) is 127 Å². The Morgan fingerprint density at radius 3 is 0.947 bits per heavy atom. The lowest BCUT2D eigenvalue weighted by Gasteiger charge is -2.38. The van der Waals surface area contributed by atoms with Gasteiger partial charge in [-0.15, -0.1) is 0 Å². The van der Waals surface area contributed by atoms with Crippen LogP contribution in [0.2, 0.25) is 0 Å². The topological polar surface area (TPSA) is 206 Å². The molecule has 506 valence electrons. The molecule has 16 rings (SSSR count). The molecule has 7 N–H and O–H groups in total. The Labute approximate surface area is 557 Å². The van der Waals surface area contributed by atoms with Crippen molar-refractivity contribution >= 4 is 0 Å². The van der Waals surface area contributed by atoms with E-state index in [9.17, 15) is 35.7 Å². The maximum Gasteiger partial charge on any atom is 0.115 e. The molecule has 7 aliphatic heterocycles. The summed E-state index contributed by atoms with van der Waals surface area (Å²) in [7, 11) is 0. The first kappa shape index (κ1) is 71.2. The molecule has 0 bridgehead atoms. The third-order valence-corrected chi connectivity index (χ3v) is 19.8. The van der Waals surface area contributed by atoms with Crippen molar-refractivity contribution in [3.8, 4) is 40.2 Å². The first-order valence-corrected chi connectivity index (χ1v) is 33.2. The van der Waals surface area contributed by atoms with E-state index in [-0.39, 0.29) is 58.5 Å². The molecule has 2 spiro atoms. The van der Waals surface area contributed by atoms with E-state index in [1.807, 2.05) is 100 Å². The zero-order valence-electron chi connectivity index (χ0n) is 56.6. The first-order valence-electron chi connectivity index (χ1n) is 33.2. The maximum atomic E-state index is 9.48. The van der Waals surface area contributed by atoms with Crippen LogP contribution in [0.3, 0.4) is 0 Å². The number of benzene rings is 7. The molecule has 2 fully saturated rings. The fraction of sp³-hybridized carbons (Fsp3) is 0.475. The van der Waals surface area contributed by atoms with Gasteiger partial charge in [0.1, 0.15) is 40.2 Å². The Bertz CT molecular complexity index is 3570. The Morgan fingerprint density at radius 1 is 0.340 bits per heavy atom. The van der Waals surface area contributed by atoms with Gasteiger partial charge in [-0.1, -0.05) is 118 Å². The number of rotatable bonds is 2. The summed E-state index contributed by atoms with van der Waals surface area (Å²) in [4.78, 5) is 0. The van der Waals surface area contributed by atoms with E-state index in [4.69, 9.17) is 33.2 Å². The zero-order chi connectivity index (χ0) is 66.9. The summed E-state index contributed by atoms with van der Waals surface area (Å²) in [5.74, 6) is 2.32. The molecule has 0 amide bonds. The second kappa shape index (κ2) is 28.3. The van der Waals surface area contributed by atoms with Gasteiger partial charge in [-0.2, -0.15) is 0 Å². The van der Waals surface area contributed by atoms with E-state index in [0.717, 1.165) is 74.0 Å². The summed E-state index contributed by atoms with van der Waals surface area (Å²) >= 11 is 0. The number of hydrogen-bond donors (Lipinski definition) is 7. The summed E-state index contributed by atoms with van der Waals surface area (Å²) in [6, 6.07) is 38.4. The second-order valence-electron chi connectivity index (χ2n) is 29.3. The Hall–Kier alpha value is -7.14. The van der Waals surface area contributed by atoms with Crippen molar-refractivity contribution in [3.63, 3.8) is 0 Å². The maximum absolute atomic E-state index is 9.48. The number of hydrogen-bond acceptors (Lipinski definition) is 14. The van der Waals surface area contributed by atoms with Crippen molar-refractivity contribution < 1.29 is 68.9 Å². The quantitative estimate of drug-likeness (QED) is 0.0860. The molecule has 0 saturated heterocycles. The molecule has 2 atom stereocenters. The third kappa shape index (κ3) is 15.4. The predicted octanol–water partition coefficient (Wildman–Crippen LogP) is 18.9. The fourth-order valence-corrected chi connectivity index (χ4v) is 14.4. The minimum absolute atomic E-state index is 0. The summed E-state index contributed by atoms with van der Waals surface area (Å²) in [5.41, 5.74) is 16.0. The molecule has 0 radical (unpaired) electrons. The summed E-state index contributed by atoms with van der Waals surface area (Å²) in [6.07, 6.45) is 10.3. The van der Waals surface area contributed by atoms with E-state index in [1.54, 1.807) is 54.6 Å². The van der Waals surface area contributed by atoms with Crippen molar-refractivity contribution in [2.45, 2.75) is 235 Å². The molecule has 7 aromatic carbocycles. The van der Waals surface area contributed by atoms with Crippen LogP contribution in [0.25, 0.3) is 0 Å². The lowest BCUT2D eigenvalue weighted by Crippen LogP contribution is -2.33. The highest BCUT2D eigenvalue weighted by Crippen LogP contribution is 2.53. The van der Waals surface area contributed by atoms with Crippen molar-refractivity contribution in [2.24, 2.45) is 10.8 Å². The molecule has 14 heteroatoms. The van der Waals surface area contributed by atoms with Gasteiger partial charge in [-0.3, -0.25) is 0 Å². The van der Waals surface area contributed by atoms with Crippen LogP contribution in [0.1, 0.15) is 238 Å². The van der Waals surface area contributed by atoms with Gasteiger partial charge in [0.15, 0.2) is 0 Å². The Kier molecular flexibility index (Phi) is 21.4. The molecule has 2 aliphatic carbocycles. The summed E-state index contributed by atoms with van der Waals surface area (Å²) in [6.45, 7) is 30.0. The lowest BCUT2D eigenvalue weighted by atomic mass is 9.75. The van der Waals surface area contributed by atoms with E-state index < -0.39 is 0 Å². The fourth-order valence-electron chi connectivity index (χ4n) is 14.4. The molecule has 2 unspecified atom stereocenters. The van der Waals surface area contributed by atoms with Crippen LogP contribution in [-0.2, 0) is 107 Å². The molecule has 9 aliphatic rings. The number of fused-ring (bicyclic) bond motifs is 9. The largest absolute Gasteiger partial charge is 0.508 e. The molecule has 14 nitrogen and oxygen atoms in total. The van der Waals surface area contributed by atoms with Crippen LogP contribution < -0.4 is 0 Å². The van der Waals surface area contributed by atoms with Gasteiger partial charge < -0.3 is 68.9 Å². The smallest absolute Gasteiger partial charge is 0.115 e. The molecule has 94 heavy (non-hydrogen) atoms. The lowest BCUT2D eigenvalue weighted by molar-refractivity contribution is -0.0944. The van der Waals surface area contributed by atoms with Crippen molar-refractivity contribution in [2.75, 3.05) is 0 Å². The molecule has 7 heterocycles. The van der Waals surface area contributed by atoms with Crippen LogP contribution in [0.4, 0.5) is 0 Å². The predicted molar refractivity (Wildman–Crippen MR) is 365 cm³/mol. The van der Waals surface area contributed by atoms with Crippen LogP contribution in [0, 0.1) is 10.8 Å². The van der Waals surface area contributed by atoms with Crippen molar-refractivity contribution in [1.82, 2.24) is 0 Å². The summed E-state index contributed by atoms with van der Waals surface area (Å²) in [5, 5.41) is 65.7. The van der Waals surface area contributed by atoms with Crippen molar-refractivity contribution in [3.05, 3.63) is 205 Å². The SMILES string of the molecule is C.CC(C)(C)C1OCc2ccc(O)cc21.CC(C)(C)C1OCc2ccc(O)cc21.CC1(C)OCc2ccc(O)cc21.CC1(C)OCc2ccc(O)cc21.CCC1(CC)OCc2ccc(O)cc21.Oc1ccc2c(c1)C1(CCC1)OC2.Oc1ccc2c(c1)C1(CCCC1)OC2. The van der Waals surface area contributed by atoms with Gasteiger partial charge in [0.25, 0.3) is 0 Å². The average molecular weight is 1290 g/mol. The number of phenolic OH excluding ortho intramolecular Hbond substituents is 7. The monoisotopic (exact) mass is 1290 g/mol. The molecule has 7 aromatic rings. The van der Waals surface area contributed by atoms with Gasteiger partial charge in [-0.25, -0.2) is 0 Å². The minimum Gasteiger partial charge on any atom is -0.508 e. The van der Waals surface area contributed by atoms with Crippen LogP contribution in [-0.4, -0.2) is 35.7 Å². The number of ether oxygens (including phenoxy) is 7. The van der Waals surface area contributed by atoms with E-state index in [2.05, 4.69) is 55.4 Å². The van der Waals surface area contributed by atoms with Gasteiger partial charge in [-0.05, 0) is 246 Å². The molecular weight excluding hydrogens is 1180 g/mol. The van der Waals surface area contributed by atoms with E-state index >= 15 is 0 Å². The highest BCUT2D eigenvalue weighted by atomic mass is 16.5. The highest BCUT2D eigenvalue weighted by molar-refractivity contribution is 5.46. The van der Waals surface area contributed by atoms with E-state index in [0.29, 0.717) is 73.3 Å². The van der Waals surface area contributed by atoms with E-state index in [1.165, 1.54) is 74.9 Å². The van der Waals surface area contributed by atoms with Crippen LogP contribution in [0.5, 0.6) is 40.2 Å². The molecule has 2 saturated carbocycles. The average Bonchev–Trinajstić information content (AvgIpc) is 1.58. The minimum atomic E-state index is -0.242. The molecule has 0 aromatic heterocycles. The zero-order valence-corrected chi connectivity index (χ0v) is 56.6. The Balaban J connectivity index is 0.000000129. The number of aromatic hydroxyl groups is 7. The first-order chi connectivity index (χ1) is 44.0. The van der Waals surface area contributed by atoms with Gasteiger partial charge >= 0.3 is 0 Å². The van der Waals surface area contributed by atoms with Crippen LogP contribution >= 0.6 is 0 Å². The van der Waals surface area contributed by atoms with Gasteiger partial charge in [0.05, 0.1) is 86.5 Å². The third-order valence-electron chi connectivity index (χ3n) is 19.8. The van der Waals surface area contributed by atoms with Gasteiger partial charge in [0.2, 0.25) is 0 Å². The van der Waals surface area contributed by atoms with Crippen molar-refractivity contribution in [1.29, 1.82) is 0 Å². The molecular formula is C80H102O14. The highest BCUT2D eigenvalue weighted by Gasteiger charge is 2.46. The standard InChI is InChI=1S/C12H14O2.3C12H16O2.C11H12O2.2C10H12O2.CH4/c13-10-4-3-9-8-14-12(11(9)7-10)5-1-2-6-12;2*1-12(2,3)11-10-6-9(13)5-4-8(10)7-14-11;1-3-12(4-2)11-7-10(13)6-5-9(11)8-14-12;12-9-3-2-8-7-13-11(4-1-5-11)10(8)6-9;2*1-10(2)9-5-8(11)4-3-7(9)6-12-10;/h3-4,7,13H,1-2,5-6,8H2;2*4-6,11,13H,7H2,1-3H3;5-7,13H,3-4,8H2,1-2H3;2-3,6,12H,1,4-5,7H2;2*3-5,11H,6H2,1-2H3;1H4.